The van der Waals surface area contributed by atoms with Gasteiger partial charge >= 0.3 is 0 Å². The van der Waals surface area contributed by atoms with E-state index in [0.29, 0.717) is 0 Å². The van der Waals surface area contributed by atoms with Crippen LogP contribution in [0.4, 0.5) is 0 Å². The van der Waals surface area contributed by atoms with Gasteiger partial charge in [0.15, 0.2) is 0 Å². The van der Waals surface area contributed by atoms with Crippen molar-refractivity contribution < 1.29 is 0 Å². The van der Waals surface area contributed by atoms with Crippen LogP contribution in [0.1, 0.15) is 11.1 Å². The molecule has 0 radical (unpaired) electrons. The lowest BCUT2D eigenvalue weighted by Gasteiger charge is -2.07. The molecule has 2 rings (SSSR count). The van der Waals surface area contributed by atoms with Gasteiger partial charge in [0.2, 0.25) is 0 Å². The highest BCUT2D eigenvalue weighted by atomic mass is 14.8. The molecule has 0 saturated carbocycles. The first-order chi connectivity index (χ1) is 7.81. The Balaban J connectivity index is 2.40. The number of rotatable bonds is 3. The summed E-state index contributed by atoms with van der Waals surface area (Å²) in [5.41, 5.74) is 5.03. The fourth-order valence-corrected chi connectivity index (χ4v) is 1.85. The maximum Gasteiger partial charge on any atom is 0.0303 e. The summed E-state index contributed by atoms with van der Waals surface area (Å²) in [6.45, 7) is 2.99. The predicted molar refractivity (Wildman–Crippen MR) is 67.2 cm³/mol. The van der Waals surface area contributed by atoms with Crippen molar-refractivity contribution in [2.75, 3.05) is 7.05 Å². The van der Waals surface area contributed by atoms with Crippen LogP contribution in [0, 0.1) is 6.92 Å². The van der Waals surface area contributed by atoms with Gasteiger partial charge in [0.05, 0.1) is 0 Å². The van der Waals surface area contributed by atoms with Gasteiger partial charge in [0, 0.05) is 18.9 Å². The van der Waals surface area contributed by atoms with Crippen molar-refractivity contribution in [2.24, 2.45) is 0 Å². The summed E-state index contributed by atoms with van der Waals surface area (Å²) in [4.78, 5) is 4.12. The second-order valence-corrected chi connectivity index (χ2v) is 3.92. The molecule has 0 bridgehead atoms. The second-order valence-electron chi connectivity index (χ2n) is 3.92. The zero-order valence-electron chi connectivity index (χ0n) is 9.70. The first kappa shape index (κ1) is 10.8. The summed E-state index contributed by atoms with van der Waals surface area (Å²) >= 11 is 0. The highest BCUT2D eigenvalue weighted by Gasteiger charge is 2.01. The molecule has 82 valence electrons. The number of nitrogens with one attached hydrogen (secondary N) is 1. The zero-order valence-corrected chi connectivity index (χ0v) is 9.70. The lowest BCUT2D eigenvalue weighted by Crippen LogP contribution is -2.04. The van der Waals surface area contributed by atoms with Gasteiger partial charge in [-0.05, 0) is 48.4 Å². The smallest absolute Gasteiger partial charge is 0.0303 e. The van der Waals surface area contributed by atoms with E-state index in [9.17, 15) is 0 Å². The summed E-state index contributed by atoms with van der Waals surface area (Å²) < 4.78 is 0. The van der Waals surface area contributed by atoms with Crippen LogP contribution in [0.15, 0.2) is 42.7 Å². The molecule has 0 aliphatic rings. The van der Waals surface area contributed by atoms with E-state index in [1.54, 1.807) is 0 Å². The fourth-order valence-electron chi connectivity index (χ4n) is 1.85. The number of benzene rings is 1. The molecule has 2 nitrogen and oxygen atoms in total. The van der Waals surface area contributed by atoms with Crippen LogP contribution >= 0.6 is 0 Å². The van der Waals surface area contributed by atoms with Crippen molar-refractivity contribution in [3.8, 4) is 11.1 Å². The van der Waals surface area contributed by atoms with Crippen molar-refractivity contribution in [1.82, 2.24) is 10.3 Å². The Hall–Kier alpha value is -1.67. The largest absolute Gasteiger partial charge is 0.316 e. The first-order valence-corrected chi connectivity index (χ1v) is 5.46. The van der Waals surface area contributed by atoms with E-state index >= 15 is 0 Å². The summed E-state index contributed by atoms with van der Waals surface area (Å²) in [6.07, 6.45) is 3.74. The molecule has 2 aromatic rings. The van der Waals surface area contributed by atoms with Crippen molar-refractivity contribution in [3.05, 3.63) is 53.9 Å². The minimum atomic E-state index is 0.901. The maximum atomic E-state index is 4.12. The zero-order chi connectivity index (χ0) is 11.4. The monoisotopic (exact) mass is 212 g/mol. The van der Waals surface area contributed by atoms with Crippen LogP contribution in [0.2, 0.25) is 0 Å². The van der Waals surface area contributed by atoms with Gasteiger partial charge in [-0.2, -0.15) is 0 Å². The molecule has 1 aromatic carbocycles. The molecular formula is C14H16N2. The standard InChI is InChI=1S/C14H16N2/c1-11-9-16-7-6-14(11)13-5-3-4-12(8-13)10-15-2/h3-9,15H,10H2,1-2H3. The van der Waals surface area contributed by atoms with Crippen LogP contribution in [0.5, 0.6) is 0 Å². The van der Waals surface area contributed by atoms with Crippen molar-refractivity contribution in [3.63, 3.8) is 0 Å². The number of hydrogen-bond acceptors (Lipinski definition) is 2. The molecule has 1 heterocycles. The number of pyridine rings is 1. The summed E-state index contributed by atoms with van der Waals surface area (Å²) in [6, 6.07) is 10.7. The highest BCUT2D eigenvalue weighted by molar-refractivity contribution is 5.66. The molecule has 0 fully saturated rings. The topological polar surface area (TPSA) is 24.9 Å². The molecule has 16 heavy (non-hydrogen) atoms. The number of nitrogens with zero attached hydrogens (tertiary/aromatic N) is 1. The van der Waals surface area contributed by atoms with Crippen molar-refractivity contribution in [2.45, 2.75) is 13.5 Å². The number of hydrogen-bond donors (Lipinski definition) is 1. The van der Waals surface area contributed by atoms with E-state index in [4.69, 9.17) is 0 Å². The normalized spacial score (nSPS) is 10.4. The van der Waals surface area contributed by atoms with Gasteiger partial charge in [-0.25, -0.2) is 0 Å². The molecule has 0 spiro atoms. The average Bonchev–Trinajstić information content (AvgIpc) is 2.30. The molecule has 0 saturated heterocycles. The Kier molecular flexibility index (Phi) is 3.32. The molecule has 1 N–H and O–H groups in total. The average molecular weight is 212 g/mol. The predicted octanol–water partition coefficient (Wildman–Crippen LogP) is 2.78. The van der Waals surface area contributed by atoms with E-state index in [0.717, 1.165) is 6.54 Å². The first-order valence-electron chi connectivity index (χ1n) is 5.46. The lowest BCUT2D eigenvalue weighted by molar-refractivity contribution is 0.818. The Bertz CT molecular complexity index is 478. The quantitative estimate of drug-likeness (QED) is 0.846. The summed E-state index contributed by atoms with van der Waals surface area (Å²) in [7, 11) is 1.96. The van der Waals surface area contributed by atoms with Crippen LogP contribution in [-0.2, 0) is 6.54 Å². The Morgan fingerprint density at radius 3 is 2.88 bits per heavy atom. The summed E-state index contributed by atoms with van der Waals surface area (Å²) in [5.74, 6) is 0. The van der Waals surface area contributed by atoms with Gasteiger partial charge in [0.25, 0.3) is 0 Å². The third kappa shape index (κ3) is 2.28. The van der Waals surface area contributed by atoms with Crippen LogP contribution in [0.25, 0.3) is 11.1 Å². The minimum Gasteiger partial charge on any atom is -0.316 e. The fraction of sp³-hybridized carbons (Fsp3) is 0.214. The van der Waals surface area contributed by atoms with Crippen LogP contribution in [0.3, 0.4) is 0 Å². The van der Waals surface area contributed by atoms with E-state index in [1.165, 1.54) is 22.3 Å². The third-order valence-corrected chi connectivity index (χ3v) is 2.64. The van der Waals surface area contributed by atoms with Crippen molar-refractivity contribution >= 4 is 0 Å². The number of aryl methyl sites for hydroxylation is 1. The van der Waals surface area contributed by atoms with E-state index < -0.39 is 0 Å². The summed E-state index contributed by atoms with van der Waals surface area (Å²) in [5, 5.41) is 3.16. The van der Waals surface area contributed by atoms with Gasteiger partial charge in [0.1, 0.15) is 0 Å². The van der Waals surface area contributed by atoms with Gasteiger partial charge in [-0.1, -0.05) is 18.2 Å². The minimum absolute atomic E-state index is 0.901. The molecule has 0 amide bonds. The highest BCUT2D eigenvalue weighted by Crippen LogP contribution is 2.22. The van der Waals surface area contributed by atoms with Gasteiger partial charge < -0.3 is 5.32 Å². The van der Waals surface area contributed by atoms with Crippen LogP contribution in [-0.4, -0.2) is 12.0 Å². The third-order valence-electron chi connectivity index (χ3n) is 2.64. The molecule has 0 aliphatic carbocycles. The number of aromatic nitrogens is 1. The van der Waals surface area contributed by atoms with E-state index in [2.05, 4.69) is 47.6 Å². The van der Waals surface area contributed by atoms with E-state index in [-0.39, 0.29) is 0 Å². The Morgan fingerprint density at radius 2 is 2.12 bits per heavy atom. The lowest BCUT2D eigenvalue weighted by atomic mass is 10.0. The Labute approximate surface area is 96.4 Å². The molecule has 2 heteroatoms. The maximum absolute atomic E-state index is 4.12. The van der Waals surface area contributed by atoms with Crippen molar-refractivity contribution in [1.29, 1.82) is 0 Å². The SMILES string of the molecule is CNCc1cccc(-c2ccncc2C)c1. The molecular weight excluding hydrogens is 196 g/mol. The molecule has 1 aromatic heterocycles. The van der Waals surface area contributed by atoms with Gasteiger partial charge in [-0.3, -0.25) is 4.98 Å². The van der Waals surface area contributed by atoms with E-state index in [1.807, 2.05) is 19.4 Å². The molecule has 0 aliphatic heterocycles. The Morgan fingerprint density at radius 1 is 1.25 bits per heavy atom. The molecule has 0 unspecified atom stereocenters. The van der Waals surface area contributed by atoms with Gasteiger partial charge in [-0.15, -0.1) is 0 Å². The molecule has 0 atom stereocenters. The van der Waals surface area contributed by atoms with Crippen LogP contribution < -0.4 is 5.32 Å². The second kappa shape index (κ2) is 4.90.